The van der Waals surface area contributed by atoms with Crippen LogP contribution < -0.4 is 4.90 Å². The predicted octanol–water partition coefficient (Wildman–Crippen LogP) is 14.3. The fraction of sp³-hybridized carbons (Fsp3) is 0.0741. The van der Waals surface area contributed by atoms with Crippen molar-refractivity contribution in [2.45, 2.75) is 25.3 Å². The van der Waals surface area contributed by atoms with Crippen molar-refractivity contribution in [1.82, 2.24) is 4.57 Å². The third-order valence-corrected chi connectivity index (χ3v) is 12.5. The van der Waals surface area contributed by atoms with Crippen molar-refractivity contribution in [3.63, 3.8) is 0 Å². The van der Waals surface area contributed by atoms with Gasteiger partial charge in [-0.3, -0.25) is 0 Å². The van der Waals surface area contributed by atoms with E-state index < -0.39 is 0 Å². The van der Waals surface area contributed by atoms with Crippen LogP contribution >= 0.6 is 0 Å². The molecule has 0 saturated heterocycles. The molecular weight excluding hydrogens is 693 g/mol. The van der Waals surface area contributed by atoms with E-state index in [9.17, 15) is 0 Å². The lowest BCUT2D eigenvalue weighted by atomic mass is 9.86. The molecule has 0 bridgehead atoms. The SMILES string of the molecule is CCc1ccc2ccc(-n3c4ccccc4c4cc(C5=CC6c7ccccc7N(c7cccc8oc9ccc(-c%10ccccc%10)cc9c78)C6C=C5)ccc43)cc2c1. The Bertz CT molecular complexity index is 3310. The molecule has 1 aliphatic carbocycles. The second-order valence-corrected chi connectivity index (χ2v) is 15.6. The van der Waals surface area contributed by atoms with Gasteiger partial charge >= 0.3 is 0 Å². The molecule has 2 aromatic heterocycles. The second kappa shape index (κ2) is 12.5. The van der Waals surface area contributed by atoms with Gasteiger partial charge in [0.2, 0.25) is 0 Å². The fourth-order valence-corrected chi connectivity index (χ4v) is 9.71. The summed E-state index contributed by atoms with van der Waals surface area (Å²) in [6.45, 7) is 2.22. The normalized spacial score (nSPS) is 16.2. The van der Waals surface area contributed by atoms with Crippen molar-refractivity contribution in [1.29, 1.82) is 0 Å². The molecule has 0 fully saturated rings. The minimum atomic E-state index is 0.130. The van der Waals surface area contributed by atoms with Crippen molar-refractivity contribution >= 4 is 71.5 Å². The van der Waals surface area contributed by atoms with E-state index in [1.165, 1.54) is 83.0 Å². The third-order valence-electron chi connectivity index (χ3n) is 12.5. The molecule has 0 N–H and O–H groups in total. The molecule has 8 aromatic carbocycles. The van der Waals surface area contributed by atoms with Gasteiger partial charge in [0, 0.05) is 33.5 Å². The number of aryl methyl sites for hydroxylation is 1. The molecule has 0 spiro atoms. The molecule has 1 aliphatic heterocycles. The average Bonchev–Trinajstić information content (AvgIpc) is 3.93. The van der Waals surface area contributed by atoms with Crippen molar-refractivity contribution in [3.05, 3.63) is 205 Å². The third kappa shape index (κ3) is 4.92. The maximum absolute atomic E-state index is 6.51. The number of rotatable bonds is 5. The molecule has 2 unspecified atom stereocenters. The Labute approximate surface area is 331 Å². The lowest BCUT2D eigenvalue weighted by Crippen LogP contribution is -2.29. The highest BCUT2D eigenvalue weighted by Crippen LogP contribution is 2.52. The Balaban J connectivity index is 0.965. The molecule has 57 heavy (non-hydrogen) atoms. The lowest BCUT2D eigenvalue weighted by molar-refractivity contribution is 0.668. The molecule has 10 aromatic rings. The maximum Gasteiger partial charge on any atom is 0.137 e. The van der Waals surface area contributed by atoms with Crippen molar-refractivity contribution in [3.8, 4) is 16.8 Å². The first-order valence-electron chi connectivity index (χ1n) is 20.1. The van der Waals surface area contributed by atoms with E-state index in [2.05, 4.69) is 204 Å². The number of anilines is 2. The zero-order valence-corrected chi connectivity index (χ0v) is 31.6. The smallest absolute Gasteiger partial charge is 0.137 e. The number of nitrogens with zero attached hydrogens (tertiary/aromatic N) is 2. The standard InChI is InChI=1S/C54H38N2O/c1-2-34-19-20-36-21-25-41(30-40(36)29-34)55-47-15-8-6-13-42(47)44-31-38(22-26-49(44)55)39-23-27-50-45(32-39)43-14-7-9-16-48(43)56(50)51-17-10-18-53-54(51)46-33-37(24-28-52(46)57-53)35-11-4-3-5-12-35/h3-33,45,50H,2H2,1H3. The Morgan fingerprint density at radius 2 is 1.33 bits per heavy atom. The van der Waals surface area contributed by atoms with Crippen molar-refractivity contribution in [2.75, 3.05) is 4.90 Å². The largest absolute Gasteiger partial charge is 0.456 e. The molecule has 3 heteroatoms. The summed E-state index contributed by atoms with van der Waals surface area (Å²) in [4.78, 5) is 2.54. The first kappa shape index (κ1) is 32.2. The zero-order chi connectivity index (χ0) is 37.6. The first-order chi connectivity index (χ1) is 28.2. The first-order valence-corrected chi connectivity index (χ1v) is 20.1. The maximum atomic E-state index is 6.51. The summed E-state index contributed by atoms with van der Waals surface area (Å²) in [5.41, 5.74) is 15.5. The summed E-state index contributed by atoms with van der Waals surface area (Å²) in [5, 5.41) is 7.38. The van der Waals surface area contributed by atoms with Crippen LogP contribution in [0, 0.1) is 0 Å². The van der Waals surface area contributed by atoms with Gasteiger partial charge in [0.15, 0.2) is 0 Å². The van der Waals surface area contributed by atoms with E-state index in [-0.39, 0.29) is 12.0 Å². The van der Waals surface area contributed by atoms with Crippen LogP contribution in [0.4, 0.5) is 11.4 Å². The molecule has 270 valence electrons. The van der Waals surface area contributed by atoms with Gasteiger partial charge in [0.05, 0.1) is 28.1 Å². The van der Waals surface area contributed by atoms with Crippen molar-refractivity contribution < 1.29 is 4.42 Å². The van der Waals surface area contributed by atoms with Gasteiger partial charge in [-0.2, -0.15) is 0 Å². The number of para-hydroxylation sites is 2. The van der Waals surface area contributed by atoms with Crippen LogP contribution in [0.15, 0.2) is 193 Å². The highest BCUT2D eigenvalue weighted by molar-refractivity contribution is 6.14. The summed E-state index contributed by atoms with van der Waals surface area (Å²) in [6, 6.07) is 62.3. The topological polar surface area (TPSA) is 21.3 Å². The summed E-state index contributed by atoms with van der Waals surface area (Å²) in [5.74, 6) is 0.192. The molecule has 0 radical (unpaired) electrons. The minimum Gasteiger partial charge on any atom is -0.456 e. The van der Waals surface area contributed by atoms with Gasteiger partial charge in [-0.25, -0.2) is 0 Å². The predicted molar refractivity (Wildman–Crippen MR) is 239 cm³/mol. The molecule has 0 saturated carbocycles. The van der Waals surface area contributed by atoms with Crippen LogP contribution in [-0.4, -0.2) is 10.6 Å². The summed E-state index contributed by atoms with van der Waals surface area (Å²) >= 11 is 0. The fourth-order valence-electron chi connectivity index (χ4n) is 9.71. The van der Waals surface area contributed by atoms with Crippen LogP contribution in [0.3, 0.4) is 0 Å². The van der Waals surface area contributed by atoms with E-state index in [4.69, 9.17) is 4.42 Å². The molecular formula is C54H38N2O. The molecule has 2 atom stereocenters. The highest BCUT2D eigenvalue weighted by Gasteiger charge is 2.39. The van der Waals surface area contributed by atoms with Crippen LogP contribution in [0.1, 0.15) is 29.5 Å². The highest BCUT2D eigenvalue weighted by atomic mass is 16.3. The van der Waals surface area contributed by atoms with E-state index in [1.54, 1.807) is 0 Å². The Morgan fingerprint density at radius 3 is 2.26 bits per heavy atom. The second-order valence-electron chi connectivity index (χ2n) is 15.6. The van der Waals surface area contributed by atoms with E-state index in [0.717, 1.165) is 28.4 Å². The van der Waals surface area contributed by atoms with Gasteiger partial charge in [-0.15, -0.1) is 0 Å². The summed E-state index contributed by atoms with van der Waals surface area (Å²) in [6.07, 6.45) is 8.29. The quantitative estimate of drug-likeness (QED) is 0.176. The van der Waals surface area contributed by atoms with Crippen LogP contribution in [0.5, 0.6) is 0 Å². The number of aromatic nitrogens is 1. The molecule has 2 aliphatic rings. The van der Waals surface area contributed by atoms with E-state index in [1.807, 2.05) is 0 Å². The average molecular weight is 731 g/mol. The van der Waals surface area contributed by atoms with E-state index in [0.29, 0.717) is 0 Å². The van der Waals surface area contributed by atoms with Gasteiger partial charge in [-0.1, -0.05) is 134 Å². The van der Waals surface area contributed by atoms with Crippen LogP contribution in [0.2, 0.25) is 0 Å². The number of benzene rings is 8. The number of furan rings is 1. The lowest BCUT2D eigenvalue weighted by Gasteiger charge is -2.30. The van der Waals surface area contributed by atoms with Gasteiger partial charge in [0.1, 0.15) is 11.2 Å². The minimum absolute atomic E-state index is 0.130. The number of fused-ring (bicyclic) bond motifs is 10. The molecule has 12 rings (SSSR count). The Morgan fingerprint density at radius 1 is 0.544 bits per heavy atom. The summed E-state index contributed by atoms with van der Waals surface area (Å²) in [7, 11) is 0. The zero-order valence-electron chi connectivity index (χ0n) is 31.6. The number of hydrogen-bond acceptors (Lipinski definition) is 2. The molecule has 0 amide bonds. The van der Waals surface area contributed by atoms with Crippen LogP contribution in [0.25, 0.3) is 76.9 Å². The number of hydrogen-bond donors (Lipinski definition) is 0. The van der Waals surface area contributed by atoms with Gasteiger partial charge in [-0.05, 0) is 111 Å². The summed E-state index contributed by atoms with van der Waals surface area (Å²) < 4.78 is 8.94. The van der Waals surface area contributed by atoms with Crippen LogP contribution in [-0.2, 0) is 6.42 Å². The van der Waals surface area contributed by atoms with Crippen molar-refractivity contribution in [2.24, 2.45) is 0 Å². The number of allylic oxidation sites excluding steroid dienone is 2. The van der Waals surface area contributed by atoms with E-state index >= 15 is 0 Å². The Kier molecular flexibility index (Phi) is 7.03. The van der Waals surface area contributed by atoms with Gasteiger partial charge < -0.3 is 13.9 Å². The monoisotopic (exact) mass is 730 g/mol. The van der Waals surface area contributed by atoms with Gasteiger partial charge in [0.25, 0.3) is 0 Å². The Hall–Kier alpha value is -7.10. The molecule has 3 heterocycles. The molecule has 3 nitrogen and oxygen atoms in total.